The van der Waals surface area contributed by atoms with Crippen molar-refractivity contribution < 1.29 is 9.59 Å². The predicted octanol–water partition coefficient (Wildman–Crippen LogP) is 12.3. The van der Waals surface area contributed by atoms with Crippen molar-refractivity contribution in [3.63, 3.8) is 0 Å². The van der Waals surface area contributed by atoms with Crippen LogP contribution in [0.4, 0.5) is 0 Å². The van der Waals surface area contributed by atoms with Crippen LogP contribution in [0.5, 0.6) is 0 Å². The Bertz CT molecular complexity index is 1780. The lowest BCUT2D eigenvalue weighted by Crippen LogP contribution is -2.34. The molecule has 2 amide bonds. The molecule has 6 rings (SSSR count). The van der Waals surface area contributed by atoms with E-state index in [-0.39, 0.29) is 11.8 Å². The van der Waals surface area contributed by atoms with Crippen molar-refractivity contribution in [2.45, 2.75) is 79.1 Å². The summed E-state index contributed by atoms with van der Waals surface area (Å²) in [6, 6.07) is 17.0. The smallest absolute Gasteiger partial charge is 0.261 e. The van der Waals surface area contributed by atoms with Crippen LogP contribution in [0, 0.1) is 11.8 Å². The Kier molecular flexibility index (Phi) is 11.4. The standard InChI is InChI=1S/C38H43BrN2O2S4/c1-5-9-12-24(7-3)22-40-35(30-18-17-29(46-30)28-16-15-27(45-28)26-14-11-21-44-26)33-34(38(40)43)36(31-19-20-32(39)47-31)41(37(33)42)23-25(8-4)13-10-6-2/h11,14-21,24-25H,5-10,12-13,22-23H2,1-4H3. The molecule has 2 aliphatic rings. The number of hydrogen-bond acceptors (Lipinski definition) is 6. The second kappa shape index (κ2) is 15.5. The zero-order chi connectivity index (χ0) is 33.1. The van der Waals surface area contributed by atoms with Gasteiger partial charge >= 0.3 is 0 Å². The minimum absolute atomic E-state index is 0.0204. The van der Waals surface area contributed by atoms with Crippen LogP contribution >= 0.6 is 61.3 Å². The Morgan fingerprint density at radius 2 is 1.09 bits per heavy atom. The molecule has 6 heterocycles. The molecule has 0 spiro atoms. The van der Waals surface area contributed by atoms with Gasteiger partial charge in [0, 0.05) is 32.6 Å². The number of rotatable bonds is 16. The third-order valence-corrected chi connectivity index (χ3v) is 14.5. The molecule has 4 aromatic heterocycles. The Labute approximate surface area is 304 Å². The lowest BCUT2D eigenvalue weighted by atomic mass is 9.98. The van der Waals surface area contributed by atoms with E-state index < -0.39 is 0 Å². The van der Waals surface area contributed by atoms with E-state index in [9.17, 15) is 9.59 Å². The highest BCUT2D eigenvalue weighted by Gasteiger charge is 2.50. The van der Waals surface area contributed by atoms with Crippen molar-refractivity contribution >= 4 is 84.5 Å². The molecule has 0 bridgehead atoms. The van der Waals surface area contributed by atoms with E-state index in [4.69, 9.17) is 0 Å². The Morgan fingerprint density at radius 3 is 1.53 bits per heavy atom. The lowest BCUT2D eigenvalue weighted by Gasteiger charge is -2.29. The number of carbonyl (C=O) groups is 2. The highest BCUT2D eigenvalue weighted by molar-refractivity contribution is 9.11. The summed E-state index contributed by atoms with van der Waals surface area (Å²) in [7, 11) is 0. The molecule has 0 aliphatic carbocycles. The highest BCUT2D eigenvalue weighted by atomic mass is 79.9. The average Bonchev–Trinajstić information content (AvgIpc) is 3.92. The first-order valence-corrected chi connectivity index (χ1v) is 21.1. The maximum Gasteiger partial charge on any atom is 0.261 e. The van der Waals surface area contributed by atoms with Gasteiger partial charge in [0.2, 0.25) is 0 Å². The topological polar surface area (TPSA) is 40.6 Å². The van der Waals surface area contributed by atoms with Gasteiger partial charge in [-0.25, -0.2) is 0 Å². The van der Waals surface area contributed by atoms with E-state index in [0.717, 1.165) is 76.3 Å². The van der Waals surface area contributed by atoms with E-state index in [0.29, 0.717) is 36.1 Å². The summed E-state index contributed by atoms with van der Waals surface area (Å²) in [6.07, 6.45) is 8.71. The second-order valence-electron chi connectivity index (χ2n) is 12.5. The monoisotopic (exact) mass is 766 g/mol. The maximum atomic E-state index is 14.8. The van der Waals surface area contributed by atoms with Crippen LogP contribution in [-0.2, 0) is 9.59 Å². The molecule has 2 aliphatic heterocycles. The van der Waals surface area contributed by atoms with Gasteiger partial charge in [0.15, 0.2) is 0 Å². The van der Waals surface area contributed by atoms with Crippen molar-refractivity contribution in [2.24, 2.45) is 11.8 Å². The lowest BCUT2D eigenvalue weighted by molar-refractivity contribution is -0.124. The van der Waals surface area contributed by atoms with Crippen LogP contribution in [0.3, 0.4) is 0 Å². The molecule has 0 N–H and O–H groups in total. The molecule has 9 heteroatoms. The predicted molar refractivity (Wildman–Crippen MR) is 207 cm³/mol. The van der Waals surface area contributed by atoms with Crippen molar-refractivity contribution in [3.05, 3.63) is 78.6 Å². The molecule has 4 aromatic rings. The number of carbonyl (C=O) groups excluding carboxylic acids is 2. The van der Waals surface area contributed by atoms with Crippen LogP contribution in [0.1, 0.15) is 88.8 Å². The molecule has 2 atom stereocenters. The summed E-state index contributed by atoms with van der Waals surface area (Å²) >= 11 is 10.5. The van der Waals surface area contributed by atoms with Crippen LogP contribution < -0.4 is 0 Å². The quantitative estimate of drug-likeness (QED) is 0.114. The van der Waals surface area contributed by atoms with Gasteiger partial charge < -0.3 is 9.80 Å². The largest absolute Gasteiger partial charge is 0.306 e. The summed E-state index contributed by atoms with van der Waals surface area (Å²) < 4.78 is 0.998. The number of nitrogens with zero attached hydrogens (tertiary/aromatic N) is 2. The summed E-state index contributed by atoms with van der Waals surface area (Å²) in [5.41, 5.74) is 2.82. The SMILES string of the molecule is CCCCC(CC)CN1C(=O)C2=C(c3ccc(-c4ccc(-c5cccs5)s4)s3)N(CC(CC)CCCC)C(=O)C2=C1c1ccc(Br)s1. The number of thiophene rings is 4. The highest BCUT2D eigenvalue weighted by Crippen LogP contribution is 2.51. The Morgan fingerprint density at radius 1 is 0.617 bits per heavy atom. The van der Waals surface area contributed by atoms with Crippen LogP contribution in [0.25, 0.3) is 30.9 Å². The molecular weight excluding hydrogens is 725 g/mol. The molecule has 0 fully saturated rings. The molecular formula is C38H43BrN2O2S4. The normalized spacial score (nSPS) is 16.3. The first kappa shape index (κ1) is 34.6. The minimum Gasteiger partial charge on any atom is -0.306 e. The van der Waals surface area contributed by atoms with Gasteiger partial charge in [0.05, 0.1) is 36.1 Å². The van der Waals surface area contributed by atoms with E-state index in [1.165, 1.54) is 19.5 Å². The Hall–Kier alpha value is -2.30. The fourth-order valence-electron chi connectivity index (χ4n) is 6.67. The fourth-order valence-corrected chi connectivity index (χ4v) is 11.1. The van der Waals surface area contributed by atoms with Gasteiger partial charge in [-0.3, -0.25) is 9.59 Å². The number of unbranched alkanes of at least 4 members (excludes halogenated alkanes) is 2. The Balaban J connectivity index is 1.47. The zero-order valence-corrected chi connectivity index (χ0v) is 32.5. The molecule has 0 aromatic carbocycles. The van der Waals surface area contributed by atoms with Gasteiger partial charge in [0.25, 0.3) is 11.8 Å². The van der Waals surface area contributed by atoms with Gasteiger partial charge in [-0.15, -0.1) is 45.3 Å². The third-order valence-electron chi connectivity index (χ3n) is 9.41. The van der Waals surface area contributed by atoms with Crippen molar-refractivity contribution in [1.82, 2.24) is 9.80 Å². The fraction of sp³-hybridized carbons (Fsp3) is 0.421. The van der Waals surface area contributed by atoms with E-state index >= 15 is 0 Å². The van der Waals surface area contributed by atoms with E-state index in [2.05, 4.69) is 91.5 Å². The summed E-state index contributed by atoms with van der Waals surface area (Å²) in [5.74, 6) is 0.722. The van der Waals surface area contributed by atoms with Crippen molar-refractivity contribution in [1.29, 1.82) is 0 Å². The van der Waals surface area contributed by atoms with Gasteiger partial charge in [-0.05, 0) is 88.5 Å². The number of amides is 2. The molecule has 4 nitrogen and oxygen atoms in total. The number of hydrogen-bond donors (Lipinski definition) is 0. The average molecular weight is 768 g/mol. The second-order valence-corrected chi connectivity index (χ2v) is 18.1. The van der Waals surface area contributed by atoms with Gasteiger partial charge in [0.1, 0.15) is 0 Å². The first-order valence-electron chi connectivity index (χ1n) is 17.0. The summed E-state index contributed by atoms with van der Waals surface area (Å²) in [4.78, 5) is 40.3. The van der Waals surface area contributed by atoms with Crippen molar-refractivity contribution in [3.8, 4) is 19.5 Å². The molecule has 2 unspecified atom stereocenters. The van der Waals surface area contributed by atoms with E-state index in [1.54, 1.807) is 45.3 Å². The van der Waals surface area contributed by atoms with Gasteiger partial charge in [-0.2, -0.15) is 0 Å². The maximum absolute atomic E-state index is 14.8. The number of fused-ring (bicyclic) bond motifs is 1. The molecule has 0 saturated carbocycles. The summed E-state index contributed by atoms with van der Waals surface area (Å²) in [5, 5.41) is 2.12. The molecule has 0 saturated heterocycles. The first-order chi connectivity index (χ1) is 22.9. The molecule has 248 valence electrons. The van der Waals surface area contributed by atoms with Crippen molar-refractivity contribution in [2.75, 3.05) is 13.1 Å². The van der Waals surface area contributed by atoms with E-state index in [1.807, 2.05) is 15.9 Å². The third kappa shape index (κ3) is 7.07. The molecule has 47 heavy (non-hydrogen) atoms. The van der Waals surface area contributed by atoms with Crippen LogP contribution in [0.2, 0.25) is 0 Å². The van der Waals surface area contributed by atoms with Crippen LogP contribution in [0.15, 0.2) is 68.8 Å². The number of halogens is 1. The minimum atomic E-state index is -0.0204. The van der Waals surface area contributed by atoms with Crippen LogP contribution in [-0.4, -0.2) is 34.7 Å². The zero-order valence-electron chi connectivity index (χ0n) is 27.6. The molecule has 0 radical (unpaired) electrons. The van der Waals surface area contributed by atoms with Gasteiger partial charge in [-0.1, -0.05) is 72.3 Å². The summed E-state index contributed by atoms with van der Waals surface area (Å²) in [6.45, 7) is 10.2.